The zero-order valence-electron chi connectivity index (χ0n) is 11.2. The number of hydrogen-bond donors (Lipinski definition) is 1. The average Bonchev–Trinajstić information content (AvgIpc) is 2.37. The molecule has 0 bridgehead atoms. The summed E-state index contributed by atoms with van der Waals surface area (Å²) in [5.74, 6) is 0.0877. The first-order valence-electron chi connectivity index (χ1n) is 6.54. The van der Waals surface area contributed by atoms with Crippen LogP contribution in [-0.2, 0) is 4.79 Å². The summed E-state index contributed by atoms with van der Waals surface area (Å²) in [5, 5.41) is 3.00. The van der Waals surface area contributed by atoms with Gasteiger partial charge in [-0.1, -0.05) is 42.0 Å². The molecule has 0 heterocycles. The molecule has 0 saturated carbocycles. The molecule has 0 saturated heterocycles. The molecule has 0 fully saturated rings. The van der Waals surface area contributed by atoms with Crippen molar-refractivity contribution in [1.82, 2.24) is 5.32 Å². The molecule has 1 aliphatic rings. The zero-order valence-corrected chi connectivity index (χ0v) is 11.2. The molecule has 1 atom stereocenters. The van der Waals surface area contributed by atoms with Gasteiger partial charge in [-0.15, -0.1) is 6.58 Å². The minimum atomic E-state index is 0.0193. The first-order chi connectivity index (χ1) is 8.63. The minimum absolute atomic E-state index is 0.0193. The van der Waals surface area contributed by atoms with E-state index < -0.39 is 0 Å². The van der Waals surface area contributed by atoms with Crippen LogP contribution in [0.25, 0.3) is 0 Å². The molecule has 1 rings (SSSR count). The van der Waals surface area contributed by atoms with Gasteiger partial charge in [0.05, 0.1) is 6.04 Å². The standard InChI is InChI=1S/C16H23NO/c1-4-8-15(13(2)3)17-16(18)12-11-14-9-6-5-7-10-14/h4,6,9-10,15H,1-2,5,7-8,11-12H2,3H3,(H,17,18). The lowest BCUT2D eigenvalue weighted by atomic mass is 10.0. The number of amides is 1. The molecular weight excluding hydrogens is 222 g/mol. The largest absolute Gasteiger partial charge is 0.349 e. The number of nitrogens with one attached hydrogen (secondary N) is 1. The van der Waals surface area contributed by atoms with Crippen LogP contribution in [0.2, 0.25) is 0 Å². The molecule has 0 radical (unpaired) electrons. The molecule has 0 aromatic carbocycles. The Labute approximate surface area is 110 Å². The molecule has 0 aromatic heterocycles. The summed E-state index contributed by atoms with van der Waals surface area (Å²) in [7, 11) is 0. The Hall–Kier alpha value is -1.57. The summed E-state index contributed by atoms with van der Waals surface area (Å²) in [5.41, 5.74) is 2.24. The molecule has 0 aromatic rings. The van der Waals surface area contributed by atoms with E-state index in [0.29, 0.717) is 6.42 Å². The third-order valence-electron chi connectivity index (χ3n) is 3.04. The lowest BCUT2D eigenvalue weighted by Crippen LogP contribution is -2.35. The molecule has 2 heteroatoms. The van der Waals surface area contributed by atoms with Gasteiger partial charge in [0.1, 0.15) is 0 Å². The predicted molar refractivity (Wildman–Crippen MR) is 77.2 cm³/mol. The highest BCUT2D eigenvalue weighted by Crippen LogP contribution is 2.15. The zero-order chi connectivity index (χ0) is 13.4. The Morgan fingerprint density at radius 3 is 2.89 bits per heavy atom. The first kappa shape index (κ1) is 14.5. The smallest absolute Gasteiger partial charge is 0.220 e. The maximum Gasteiger partial charge on any atom is 0.220 e. The van der Waals surface area contributed by atoms with Crippen molar-refractivity contribution < 1.29 is 4.79 Å². The number of rotatable bonds is 7. The maximum absolute atomic E-state index is 11.8. The third-order valence-corrected chi connectivity index (χ3v) is 3.04. The average molecular weight is 245 g/mol. The highest BCUT2D eigenvalue weighted by atomic mass is 16.1. The highest BCUT2D eigenvalue weighted by molar-refractivity contribution is 5.77. The van der Waals surface area contributed by atoms with E-state index in [-0.39, 0.29) is 11.9 Å². The van der Waals surface area contributed by atoms with Crippen molar-refractivity contribution >= 4 is 5.91 Å². The van der Waals surface area contributed by atoms with E-state index in [0.717, 1.165) is 31.3 Å². The van der Waals surface area contributed by atoms with Crippen molar-refractivity contribution in [3.8, 4) is 0 Å². The maximum atomic E-state index is 11.8. The fourth-order valence-electron chi connectivity index (χ4n) is 1.93. The minimum Gasteiger partial charge on any atom is -0.349 e. The lowest BCUT2D eigenvalue weighted by Gasteiger charge is -2.17. The number of carbonyl (C=O) groups excluding carboxylic acids is 1. The van der Waals surface area contributed by atoms with E-state index in [1.54, 1.807) is 0 Å². The second-order valence-electron chi connectivity index (χ2n) is 4.75. The van der Waals surface area contributed by atoms with Gasteiger partial charge in [-0.05, 0) is 32.6 Å². The predicted octanol–water partition coefficient (Wildman–Crippen LogP) is 3.68. The number of allylic oxidation sites excluding steroid dienone is 4. The quantitative estimate of drug-likeness (QED) is 0.681. The lowest BCUT2D eigenvalue weighted by molar-refractivity contribution is -0.121. The van der Waals surface area contributed by atoms with Crippen molar-refractivity contribution in [3.05, 3.63) is 48.6 Å². The van der Waals surface area contributed by atoms with Crippen LogP contribution in [-0.4, -0.2) is 11.9 Å². The van der Waals surface area contributed by atoms with Crippen LogP contribution < -0.4 is 5.32 Å². The molecule has 2 nitrogen and oxygen atoms in total. The Morgan fingerprint density at radius 1 is 1.56 bits per heavy atom. The molecule has 1 unspecified atom stereocenters. The van der Waals surface area contributed by atoms with Gasteiger partial charge in [0, 0.05) is 6.42 Å². The monoisotopic (exact) mass is 245 g/mol. The van der Waals surface area contributed by atoms with Crippen LogP contribution in [0.1, 0.15) is 39.0 Å². The van der Waals surface area contributed by atoms with Gasteiger partial charge in [0.15, 0.2) is 0 Å². The van der Waals surface area contributed by atoms with Gasteiger partial charge in [0.2, 0.25) is 5.91 Å². The van der Waals surface area contributed by atoms with E-state index in [2.05, 4.69) is 36.7 Å². The SMILES string of the molecule is C=CCC(NC(=O)CCC1=CCCC=C1)C(=C)C. The van der Waals surface area contributed by atoms with Crippen molar-refractivity contribution in [1.29, 1.82) is 0 Å². The van der Waals surface area contributed by atoms with E-state index in [1.165, 1.54) is 5.57 Å². The first-order valence-corrected chi connectivity index (χ1v) is 6.54. The van der Waals surface area contributed by atoms with Crippen LogP contribution >= 0.6 is 0 Å². The summed E-state index contributed by atoms with van der Waals surface area (Å²) < 4.78 is 0. The normalized spacial score (nSPS) is 15.7. The topological polar surface area (TPSA) is 29.1 Å². The Balaban J connectivity index is 2.35. The van der Waals surface area contributed by atoms with Gasteiger partial charge >= 0.3 is 0 Å². The van der Waals surface area contributed by atoms with E-state index in [1.807, 2.05) is 13.0 Å². The van der Waals surface area contributed by atoms with Crippen LogP contribution in [0.4, 0.5) is 0 Å². The molecular formula is C16H23NO. The molecule has 1 aliphatic carbocycles. The van der Waals surface area contributed by atoms with Gasteiger partial charge in [-0.25, -0.2) is 0 Å². The van der Waals surface area contributed by atoms with Gasteiger partial charge in [-0.2, -0.15) is 0 Å². The van der Waals surface area contributed by atoms with Crippen LogP contribution in [0.3, 0.4) is 0 Å². The van der Waals surface area contributed by atoms with Crippen LogP contribution in [0.15, 0.2) is 48.6 Å². The third kappa shape index (κ3) is 5.17. The van der Waals surface area contributed by atoms with Crippen molar-refractivity contribution in [2.75, 3.05) is 0 Å². The molecule has 18 heavy (non-hydrogen) atoms. The summed E-state index contributed by atoms with van der Waals surface area (Å²) in [4.78, 5) is 11.8. The van der Waals surface area contributed by atoms with E-state index >= 15 is 0 Å². The summed E-state index contributed by atoms with van der Waals surface area (Å²) in [6.07, 6.45) is 12.6. The van der Waals surface area contributed by atoms with E-state index in [9.17, 15) is 4.79 Å². The summed E-state index contributed by atoms with van der Waals surface area (Å²) in [6.45, 7) is 9.52. The van der Waals surface area contributed by atoms with Gasteiger partial charge in [-0.3, -0.25) is 4.79 Å². The van der Waals surface area contributed by atoms with Gasteiger partial charge in [0.25, 0.3) is 0 Å². The van der Waals surface area contributed by atoms with Crippen LogP contribution in [0, 0.1) is 0 Å². The van der Waals surface area contributed by atoms with Crippen LogP contribution in [0.5, 0.6) is 0 Å². The second-order valence-corrected chi connectivity index (χ2v) is 4.75. The van der Waals surface area contributed by atoms with Crippen molar-refractivity contribution in [2.24, 2.45) is 0 Å². The Kier molecular flexibility index (Phi) is 6.20. The molecule has 98 valence electrons. The van der Waals surface area contributed by atoms with Crippen molar-refractivity contribution in [2.45, 2.75) is 45.1 Å². The molecule has 1 amide bonds. The number of hydrogen-bond acceptors (Lipinski definition) is 1. The Morgan fingerprint density at radius 2 is 2.33 bits per heavy atom. The van der Waals surface area contributed by atoms with Crippen molar-refractivity contribution in [3.63, 3.8) is 0 Å². The number of carbonyl (C=O) groups is 1. The second kappa shape index (κ2) is 7.70. The fraction of sp³-hybridized carbons (Fsp3) is 0.438. The van der Waals surface area contributed by atoms with Gasteiger partial charge < -0.3 is 5.32 Å². The molecule has 0 aliphatic heterocycles. The van der Waals surface area contributed by atoms with E-state index in [4.69, 9.17) is 0 Å². The Bertz CT molecular complexity index is 377. The summed E-state index contributed by atoms with van der Waals surface area (Å²) >= 11 is 0. The highest BCUT2D eigenvalue weighted by Gasteiger charge is 2.11. The fourth-order valence-corrected chi connectivity index (χ4v) is 1.93. The molecule has 0 spiro atoms. The molecule has 1 N–H and O–H groups in total. The summed E-state index contributed by atoms with van der Waals surface area (Å²) in [6, 6.07) is 0.0193.